The zero-order valence-electron chi connectivity index (χ0n) is 12.7. The van der Waals surface area contributed by atoms with E-state index in [1.165, 1.54) is 6.07 Å². The Hall–Kier alpha value is -1.48. The average molecular weight is 385 g/mol. The van der Waals surface area contributed by atoms with Crippen molar-refractivity contribution in [3.63, 3.8) is 0 Å². The Kier molecular flexibility index (Phi) is 5.34. The first-order valence-electron chi connectivity index (χ1n) is 7.12. The number of nitrogens with one attached hydrogen (secondary N) is 1. The zero-order chi connectivity index (χ0) is 18.1. The highest BCUT2D eigenvalue weighted by Crippen LogP contribution is 2.39. The lowest BCUT2D eigenvalue weighted by Gasteiger charge is -2.25. The van der Waals surface area contributed by atoms with Crippen molar-refractivity contribution in [2.24, 2.45) is 0 Å². The van der Waals surface area contributed by atoms with Crippen LogP contribution >= 0.6 is 11.6 Å². The van der Waals surface area contributed by atoms with Gasteiger partial charge in [-0.2, -0.15) is 13.2 Å². The molecule has 0 radical (unpaired) electrons. The molecule has 0 saturated heterocycles. The first-order chi connectivity index (χ1) is 11.0. The van der Waals surface area contributed by atoms with Crippen LogP contribution in [-0.2, 0) is 21.0 Å². The highest BCUT2D eigenvalue weighted by molar-refractivity contribution is 7.92. The summed E-state index contributed by atoms with van der Waals surface area (Å²) >= 11 is 5.60. The van der Waals surface area contributed by atoms with E-state index in [9.17, 15) is 26.4 Å². The van der Waals surface area contributed by atoms with Gasteiger partial charge in [0.1, 0.15) is 0 Å². The van der Waals surface area contributed by atoms with Crippen LogP contribution in [0.25, 0.3) is 0 Å². The van der Waals surface area contributed by atoms with E-state index in [0.29, 0.717) is 10.4 Å². The molecule has 1 fully saturated rings. The van der Waals surface area contributed by atoms with Crippen LogP contribution in [0, 0.1) is 0 Å². The minimum Gasteiger partial charge on any atom is -0.353 e. The lowest BCUT2D eigenvalue weighted by Crippen LogP contribution is -2.36. The van der Waals surface area contributed by atoms with Crippen LogP contribution in [0.4, 0.5) is 18.9 Å². The molecule has 1 saturated carbocycles. The first kappa shape index (κ1) is 18.9. The Balaban J connectivity index is 2.29. The summed E-state index contributed by atoms with van der Waals surface area (Å²) < 4.78 is 64.0. The lowest BCUT2D eigenvalue weighted by molar-refractivity contribution is -0.137. The number of sulfonamides is 1. The fourth-order valence-corrected chi connectivity index (χ4v) is 3.26. The number of rotatable bonds is 6. The molecule has 1 amide bonds. The number of alkyl halides is 3. The molecule has 0 aliphatic heterocycles. The van der Waals surface area contributed by atoms with Gasteiger partial charge >= 0.3 is 6.18 Å². The van der Waals surface area contributed by atoms with Gasteiger partial charge in [0.2, 0.25) is 15.9 Å². The highest BCUT2D eigenvalue weighted by atomic mass is 35.5. The third-order valence-electron chi connectivity index (χ3n) is 3.42. The highest BCUT2D eigenvalue weighted by Gasteiger charge is 2.37. The fraction of sp³-hybridized carbons (Fsp3) is 0.500. The SMILES string of the molecule is CS(=O)(=O)N(CCC(=O)NC1CC1)c1ccc(Cl)cc1C(F)(F)F. The van der Waals surface area contributed by atoms with Crippen molar-refractivity contribution < 1.29 is 26.4 Å². The first-order valence-corrected chi connectivity index (χ1v) is 9.35. The van der Waals surface area contributed by atoms with Crippen molar-refractivity contribution in [1.82, 2.24) is 5.32 Å². The zero-order valence-corrected chi connectivity index (χ0v) is 14.3. The van der Waals surface area contributed by atoms with Crippen molar-refractivity contribution in [1.29, 1.82) is 0 Å². The molecule has 0 unspecified atom stereocenters. The summed E-state index contributed by atoms with van der Waals surface area (Å²) in [4.78, 5) is 11.7. The van der Waals surface area contributed by atoms with Gasteiger partial charge in [0.15, 0.2) is 0 Å². The standard InChI is InChI=1S/C14H16ClF3N2O3S/c1-24(22,23)20(7-6-13(21)19-10-3-4-10)12-5-2-9(15)8-11(12)14(16,17)18/h2,5,8,10H,3-4,6-7H2,1H3,(H,19,21). The molecule has 1 aliphatic rings. The Bertz CT molecular complexity index is 733. The lowest BCUT2D eigenvalue weighted by atomic mass is 10.1. The molecule has 0 atom stereocenters. The predicted molar refractivity (Wildman–Crippen MR) is 84.4 cm³/mol. The maximum atomic E-state index is 13.2. The van der Waals surface area contributed by atoms with Crippen molar-refractivity contribution in [3.05, 3.63) is 28.8 Å². The van der Waals surface area contributed by atoms with E-state index in [2.05, 4.69) is 5.32 Å². The molecule has 1 aromatic rings. The second-order valence-electron chi connectivity index (χ2n) is 5.59. The second-order valence-corrected chi connectivity index (χ2v) is 7.93. The monoisotopic (exact) mass is 384 g/mol. The number of amides is 1. The largest absolute Gasteiger partial charge is 0.418 e. The van der Waals surface area contributed by atoms with Gasteiger partial charge in [-0.15, -0.1) is 0 Å². The number of carbonyl (C=O) groups excluding carboxylic acids is 1. The van der Waals surface area contributed by atoms with Crippen LogP contribution in [0.5, 0.6) is 0 Å². The van der Waals surface area contributed by atoms with Gasteiger partial charge in [-0.3, -0.25) is 9.10 Å². The van der Waals surface area contributed by atoms with E-state index in [4.69, 9.17) is 11.6 Å². The minimum atomic E-state index is -4.78. The summed E-state index contributed by atoms with van der Waals surface area (Å²) in [5.41, 5.74) is -1.71. The van der Waals surface area contributed by atoms with Crippen LogP contribution in [0.3, 0.4) is 0 Å². The maximum absolute atomic E-state index is 13.2. The third kappa shape index (κ3) is 5.01. The molecule has 5 nitrogen and oxygen atoms in total. The molecular weight excluding hydrogens is 369 g/mol. The van der Waals surface area contributed by atoms with Gasteiger partial charge in [-0.1, -0.05) is 11.6 Å². The van der Waals surface area contributed by atoms with E-state index in [1.54, 1.807) is 0 Å². The number of anilines is 1. The van der Waals surface area contributed by atoms with Gasteiger partial charge < -0.3 is 5.32 Å². The molecule has 0 bridgehead atoms. The molecule has 134 valence electrons. The quantitative estimate of drug-likeness (QED) is 0.820. The Labute approximate surface area is 142 Å². The molecule has 24 heavy (non-hydrogen) atoms. The Morgan fingerprint density at radius 2 is 2.00 bits per heavy atom. The molecule has 1 aliphatic carbocycles. The van der Waals surface area contributed by atoms with E-state index >= 15 is 0 Å². The summed E-state index contributed by atoms with van der Waals surface area (Å²) in [5.74, 6) is -0.395. The van der Waals surface area contributed by atoms with Gasteiger partial charge in [-0.25, -0.2) is 8.42 Å². The second kappa shape index (κ2) is 6.79. The van der Waals surface area contributed by atoms with E-state index < -0.39 is 33.4 Å². The molecule has 0 aromatic heterocycles. The summed E-state index contributed by atoms with van der Waals surface area (Å²) in [7, 11) is -4.01. The van der Waals surface area contributed by atoms with Crippen molar-refractivity contribution in [2.45, 2.75) is 31.5 Å². The molecule has 2 rings (SSSR count). The van der Waals surface area contributed by atoms with Gasteiger partial charge in [0.25, 0.3) is 0 Å². The van der Waals surface area contributed by atoms with Crippen LogP contribution in [0.2, 0.25) is 5.02 Å². The maximum Gasteiger partial charge on any atom is 0.418 e. The molecule has 1 N–H and O–H groups in total. The average Bonchev–Trinajstić information content (AvgIpc) is 3.21. The van der Waals surface area contributed by atoms with Crippen molar-refractivity contribution in [3.8, 4) is 0 Å². The predicted octanol–water partition coefficient (Wildman–Crippen LogP) is 2.79. The Morgan fingerprint density at radius 3 is 2.50 bits per heavy atom. The number of halogens is 4. The summed E-state index contributed by atoms with van der Waals surface area (Å²) in [6.07, 6.45) is -2.50. The summed E-state index contributed by atoms with van der Waals surface area (Å²) in [5, 5.41) is 2.50. The van der Waals surface area contributed by atoms with Crippen LogP contribution < -0.4 is 9.62 Å². The molecule has 0 spiro atoms. The smallest absolute Gasteiger partial charge is 0.353 e. The van der Waals surface area contributed by atoms with E-state index in [1.807, 2.05) is 0 Å². The van der Waals surface area contributed by atoms with Crippen molar-refractivity contribution >= 4 is 33.2 Å². The topological polar surface area (TPSA) is 66.5 Å². The molecular formula is C14H16ClF3N2O3S. The fourth-order valence-electron chi connectivity index (χ4n) is 2.15. The summed E-state index contributed by atoms with van der Waals surface area (Å²) in [6, 6.07) is 2.92. The Morgan fingerprint density at radius 1 is 1.38 bits per heavy atom. The molecule has 0 heterocycles. The summed E-state index contributed by atoms with van der Waals surface area (Å²) in [6.45, 7) is -0.387. The number of benzene rings is 1. The van der Waals surface area contributed by atoms with Crippen LogP contribution in [0.1, 0.15) is 24.8 Å². The van der Waals surface area contributed by atoms with E-state index in [-0.39, 0.29) is 24.0 Å². The normalized spacial score (nSPS) is 15.2. The third-order valence-corrected chi connectivity index (χ3v) is 4.83. The minimum absolute atomic E-state index is 0.0884. The van der Waals surface area contributed by atoms with Crippen molar-refractivity contribution in [2.75, 3.05) is 17.1 Å². The van der Waals surface area contributed by atoms with Gasteiger partial charge in [0.05, 0.1) is 17.5 Å². The number of carbonyl (C=O) groups is 1. The van der Waals surface area contributed by atoms with Gasteiger partial charge in [0, 0.05) is 24.0 Å². The van der Waals surface area contributed by atoms with E-state index in [0.717, 1.165) is 25.2 Å². The van der Waals surface area contributed by atoms with Crippen LogP contribution in [0.15, 0.2) is 18.2 Å². The number of hydrogen-bond acceptors (Lipinski definition) is 3. The van der Waals surface area contributed by atoms with Gasteiger partial charge in [-0.05, 0) is 31.0 Å². The molecule has 1 aromatic carbocycles. The number of hydrogen-bond donors (Lipinski definition) is 1. The number of nitrogens with zero attached hydrogens (tertiary/aromatic N) is 1. The van der Waals surface area contributed by atoms with Crippen LogP contribution in [-0.4, -0.2) is 33.2 Å². The molecule has 10 heteroatoms.